The van der Waals surface area contributed by atoms with Crippen molar-refractivity contribution in [2.24, 2.45) is 0 Å². The fourth-order valence-electron chi connectivity index (χ4n) is 3.28. The van der Waals surface area contributed by atoms with E-state index in [9.17, 15) is 0 Å². The molecule has 2 fully saturated rings. The predicted octanol–water partition coefficient (Wildman–Crippen LogP) is 2.33. The van der Waals surface area contributed by atoms with Gasteiger partial charge in [0.25, 0.3) is 0 Å². The van der Waals surface area contributed by atoms with Crippen molar-refractivity contribution in [2.75, 3.05) is 33.2 Å². The third kappa shape index (κ3) is 2.16. The molecule has 19 heavy (non-hydrogen) atoms. The molecular formula is C16H23N3. The third-order valence-corrected chi connectivity index (χ3v) is 4.81. The number of rotatable bonds is 2. The van der Waals surface area contributed by atoms with Crippen molar-refractivity contribution in [2.45, 2.75) is 24.7 Å². The van der Waals surface area contributed by atoms with Crippen LogP contribution in [-0.4, -0.2) is 48.9 Å². The van der Waals surface area contributed by atoms with E-state index in [0.717, 1.165) is 44.9 Å². The van der Waals surface area contributed by atoms with Crippen LogP contribution in [0.25, 0.3) is 0 Å². The summed E-state index contributed by atoms with van der Waals surface area (Å²) in [6, 6.07) is 10.7. The summed E-state index contributed by atoms with van der Waals surface area (Å²) >= 11 is 0. The highest BCUT2D eigenvalue weighted by molar-refractivity contribution is 5.91. The molecule has 0 radical (unpaired) electrons. The van der Waals surface area contributed by atoms with Gasteiger partial charge >= 0.3 is 0 Å². The van der Waals surface area contributed by atoms with Gasteiger partial charge in [-0.2, -0.15) is 0 Å². The van der Waals surface area contributed by atoms with Gasteiger partial charge in [0.1, 0.15) is 5.84 Å². The molecule has 0 amide bonds. The van der Waals surface area contributed by atoms with Gasteiger partial charge in [0.05, 0.1) is 5.41 Å². The van der Waals surface area contributed by atoms with Gasteiger partial charge in [-0.1, -0.05) is 36.8 Å². The summed E-state index contributed by atoms with van der Waals surface area (Å²) in [4.78, 5) is 4.64. The molecule has 1 aromatic rings. The van der Waals surface area contributed by atoms with Gasteiger partial charge in [0, 0.05) is 26.2 Å². The van der Waals surface area contributed by atoms with Crippen LogP contribution in [0.1, 0.15) is 24.8 Å². The summed E-state index contributed by atoms with van der Waals surface area (Å²) in [6.07, 6.45) is 3.54. The Kier molecular flexibility index (Phi) is 3.31. The molecule has 0 spiro atoms. The van der Waals surface area contributed by atoms with Crippen LogP contribution in [0.2, 0.25) is 0 Å². The first kappa shape index (κ1) is 12.7. The molecule has 3 heteroatoms. The van der Waals surface area contributed by atoms with Crippen molar-refractivity contribution < 1.29 is 0 Å². The minimum atomic E-state index is 0.0111. The highest BCUT2D eigenvalue weighted by Gasteiger charge is 2.45. The van der Waals surface area contributed by atoms with Gasteiger partial charge in [-0.25, -0.2) is 0 Å². The number of hydrogen-bond donors (Lipinski definition) is 1. The van der Waals surface area contributed by atoms with Crippen molar-refractivity contribution in [3.05, 3.63) is 35.9 Å². The zero-order valence-corrected chi connectivity index (χ0v) is 11.7. The summed E-state index contributed by atoms with van der Waals surface area (Å²) in [5.41, 5.74) is 1.35. The summed E-state index contributed by atoms with van der Waals surface area (Å²) in [5, 5.41) is 8.70. The van der Waals surface area contributed by atoms with E-state index in [4.69, 9.17) is 5.41 Å². The number of likely N-dealkylation sites (N-methyl/N-ethyl adjacent to an activating group) is 1. The fourth-order valence-corrected chi connectivity index (χ4v) is 3.28. The molecule has 1 aliphatic carbocycles. The first-order valence-electron chi connectivity index (χ1n) is 7.30. The standard InChI is InChI=1S/C16H23N3/c1-18-10-12-19(13-11-18)15(17)16(8-5-9-16)14-6-3-2-4-7-14/h2-4,6-7,17H,5,8-13H2,1H3. The minimum Gasteiger partial charge on any atom is -0.357 e. The molecule has 1 saturated carbocycles. The van der Waals surface area contributed by atoms with E-state index >= 15 is 0 Å². The number of hydrogen-bond acceptors (Lipinski definition) is 2. The molecular weight excluding hydrogens is 234 g/mol. The van der Waals surface area contributed by atoms with Gasteiger partial charge in [0.15, 0.2) is 0 Å². The molecule has 1 aliphatic heterocycles. The Bertz CT molecular complexity index is 442. The SMILES string of the molecule is CN1CCN(C(=N)C2(c3ccccc3)CCC2)CC1. The predicted molar refractivity (Wildman–Crippen MR) is 78.8 cm³/mol. The molecule has 102 valence electrons. The summed E-state index contributed by atoms with van der Waals surface area (Å²) < 4.78 is 0. The second kappa shape index (κ2) is 4.97. The zero-order chi connectivity index (χ0) is 13.3. The van der Waals surface area contributed by atoms with E-state index < -0.39 is 0 Å². The number of nitrogens with zero attached hydrogens (tertiary/aromatic N) is 2. The number of piperazine rings is 1. The topological polar surface area (TPSA) is 30.3 Å². The Balaban J connectivity index is 1.81. The molecule has 2 aliphatic rings. The fraction of sp³-hybridized carbons (Fsp3) is 0.562. The maximum absolute atomic E-state index is 8.70. The van der Waals surface area contributed by atoms with E-state index in [1.54, 1.807) is 0 Å². The molecule has 1 saturated heterocycles. The lowest BCUT2D eigenvalue weighted by Crippen LogP contribution is -2.55. The first-order valence-corrected chi connectivity index (χ1v) is 7.30. The van der Waals surface area contributed by atoms with Crippen molar-refractivity contribution in [1.29, 1.82) is 5.41 Å². The lowest BCUT2D eigenvalue weighted by atomic mass is 9.63. The van der Waals surface area contributed by atoms with Crippen molar-refractivity contribution >= 4 is 5.84 Å². The Morgan fingerprint density at radius 2 is 1.68 bits per heavy atom. The molecule has 1 aromatic carbocycles. The van der Waals surface area contributed by atoms with Crippen LogP contribution >= 0.6 is 0 Å². The van der Waals surface area contributed by atoms with Crippen LogP contribution < -0.4 is 0 Å². The normalized spacial score (nSPS) is 22.9. The Morgan fingerprint density at radius 1 is 1.05 bits per heavy atom. The summed E-state index contributed by atoms with van der Waals surface area (Å²) in [5.74, 6) is 0.859. The van der Waals surface area contributed by atoms with Crippen LogP contribution in [0, 0.1) is 5.41 Å². The van der Waals surface area contributed by atoms with Crippen molar-refractivity contribution in [1.82, 2.24) is 9.80 Å². The highest BCUT2D eigenvalue weighted by Crippen LogP contribution is 2.45. The van der Waals surface area contributed by atoms with Crippen molar-refractivity contribution in [3.63, 3.8) is 0 Å². The first-order chi connectivity index (χ1) is 9.22. The minimum absolute atomic E-state index is 0.0111. The molecule has 0 unspecified atom stereocenters. The smallest absolute Gasteiger partial charge is 0.107 e. The zero-order valence-electron chi connectivity index (χ0n) is 11.7. The molecule has 1 N–H and O–H groups in total. The third-order valence-electron chi connectivity index (χ3n) is 4.81. The van der Waals surface area contributed by atoms with Gasteiger partial charge in [-0.05, 0) is 25.5 Å². The quantitative estimate of drug-likeness (QED) is 0.651. The van der Waals surface area contributed by atoms with E-state index in [-0.39, 0.29) is 5.41 Å². The Labute approximate surface area is 115 Å². The maximum Gasteiger partial charge on any atom is 0.107 e. The highest BCUT2D eigenvalue weighted by atomic mass is 15.3. The maximum atomic E-state index is 8.70. The summed E-state index contributed by atoms with van der Waals surface area (Å²) in [7, 11) is 2.16. The van der Waals surface area contributed by atoms with Gasteiger partial charge in [-0.15, -0.1) is 0 Å². The van der Waals surface area contributed by atoms with E-state index in [1.807, 2.05) is 0 Å². The average Bonchev–Trinajstić information content (AvgIpc) is 2.39. The van der Waals surface area contributed by atoms with Crippen LogP contribution in [0.3, 0.4) is 0 Å². The number of benzene rings is 1. The van der Waals surface area contributed by atoms with E-state index in [0.29, 0.717) is 0 Å². The van der Waals surface area contributed by atoms with Gasteiger partial charge in [-0.3, -0.25) is 5.41 Å². The van der Waals surface area contributed by atoms with Crippen molar-refractivity contribution in [3.8, 4) is 0 Å². The molecule has 0 bridgehead atoms. The second-order valence-corrected chi connectivity index (χ2v) is 5.94. The van der Waals surface area contributed by atoms with Gasteiger partial charge < -0.3 is 9.80 Å². The number of amidine groups is 1. The molecule has 0 atom stereocenters. The molecule has 0 aromatic heterocycles. The van der Waals surface area contributed by atoms with Crippen LogP contribution in [0.5, 0.6) is 0 Å². The van der Waals surface area contributed by atoms with Crippen LogP contribution in [0.4, 0.5) is 0 Å². The monoisotopic (exact) mass is 257 g/mol. The average molecular weight is 257 g/mol. The Hall–Kier alpha value is -1.35. The van der Waals surface area contributed by atoms with Crippen LogP contribution in [0.15, 0.2) is 30.3 Å². The Morgan fingerprint density at radius 3 is 2.21 bits per heavy atom. The molecule has 3 rings (SSSR count). The largest absolute Gasteiger partial charge is 0.357 e. The van der Waals surface area contributed by atoms with Crippen LogP contribution in [-0.2, 0) is 5.41 Å². The number of nitrogens with one attached hydrogen (secondary N) is 1. The molecule has 1 heterocycles. The van der Waals surface area contributed by atoms with E-state index in [1.165, 1.54) is 12.0 Å². The van der Waals surface area contributed by atoms with Gasteiger partial charge in [0.2, 0.25) is 0 Å². The van der Waals surface area contributed by atoms with E-state index in [2.05, 4.69) is 47.2 Å². The molecule has 3 nitrogen and oxygen atoms in total. The lowest BCUT2D eigenvalue weighted by molar-refractivity contribution is 0.193. The lowest BCUT2D eigenvalue weighted by Gasteiger charge is -2.48. The second-order valence-electron chi connectivity index (χ2n) is 5.94. The summed E-state index contributed by atoms with van der Waals surface area (Å²) in [6.45, 7) is 4.16.